The molecule has 0 unspecified atom stereocenters. The average Bonchev–Trinajstić information content (AvgIpc) is 3.13. The zero-order chi connectivity index (χ0) is 21.0. The first-order valence-corrected chi connectivity index (χ1v) is 9.00. The van der Waals surface area contributed by atoms with Crippen molar-refractivity contribution in [3.63, 3.8) is 0 Å². The van der Waals surface area contributed by atoms with E-state index in [0.29, 0.717) is 12.5 Å². The number of amides is 1. The van der Waals surface area contributed by atoms with Crippen molar-refractivity contribution in [2.24, 2.45) is 0 Å². The predicted molar refractivity (Wildman–Crippen MR) is 98.4 cm³/mol. The number of para-hydroxylation sites is 1. The summed E-state index contributed by atoms with van der Waals surface area (Å²) >= 11 is 0. The maximum Gasteiger partial charge on any atom is 0.490 e. The summed E-state index contributed by atoms with van der Waals surface area (Å²) in [6.45, 7) is 0.899. The number of aliphatic carboxylic acids is 1. The van der Waals surface area contributed by atoms with E-state index in [2.05, 4.69) is 14.9 Å². The average molecular weight is 408 g/mol. The lowest BCUT2D eigenvalue weighted by molar-refractivity contribution is -0.192. The normalized spacial score (nSPS) is 21.3. The SMILES string of the molecule is O=C(O)C(F)(F)F.O=C1CC[C@H]2[C@H](CCN2c2ncccn2)N1c1ccccc1. The third-order valence-electron chi connectivity index (χ3n) is 4.85. The van der Waals surface area contributed by atoms with Crippen molar-refractivity contribution >= 4 is 23.5 Å². The van der Waals surface area contributed by atoms with Gasteiger partial charge in [0, 0.05) is 31.0 Å². The summed E-state index contributed by atoms with van der Waals surface area (Å²) in [5, 5.41) is 7.12. The van der Waals surface area contributed by atoms with E-state index in [1.54, 1.807) is 12.4 Å². The van der Waals surface area contributed by atoms with Crippen molar-refractivity contribution in [2.75, 3.05) is 16.3 Å². The molecule has 29 heavy (non-hydrogen) atoms. The Balaban J connectivity index is 0.000000298. The van der Waals surface area contributed by atoms with Crippen molar-refractivity contribution in [3.05, 3.63) is 48.8 Å². The smallest absolute Gasteiger partial charge is 0.475 e. The molecule has 3 heterocycles. The molecule has 0 bridgehead atoms. The van der Waals surface area contributed by atoms with E-state index in [-0.39, 0.29) is 11.9 Å². The van der Waals surface area contributed by atoms with Crippen molar-refractivity contribution in [1.82, 2.24) is 9.97 Å². The van der Waals surface area contributed by atoms with Gasteiger partial charge in [-0.2, -0.15) is 13.2 Å². The van der Waals surface area contributed by atoms with Crippen LogP contribution in [-0.2, 0) is 9.59 Å². The molecule has 2 aliphatic heterocycles. The summed E-state index contributed by atoms with van der Waals surface area (Å²) in [5.74, 6) is -1.76. The monoisotopic (exact) mass is 408 g/mol. The number of carbonyl (C=O) groups excluding carboxylic acids is 1. The van der Waals surface area contributed by atoms with Crippen LogP contribution in [0.3, 0.4) is 0 Å². The van der Waals surface area contributed by atoms with Gasteiger partial charge in [-0.1, -0.05) is 18.2 Å². The Hall–Kier alpha value is -3.17. The van der Waals surface area contributed by atoms with Gasteiger partial charge in [0.05, 0.1) is 12.1 Å². The van der Waals surface area contributed by atoms with Gasteiger partial charge in [-0.3, -0.25) is 4.79 Å². The third-order valence-corrected chi connectivity index (χ3v) is 4.85. The zero-order valence-corrected chi connectivity index (χ0v) is 15.3. The topological polar surface area (TPSA) is 86.6 Å². The highest BCUT2D eigenvalue weighted by Gasteiger charge is 2.44. The van der Waals surface area contributed by atoms with Crippen molar-refractivity contribution < 1.29 is 27.9 Å². The highest BCUT2D eigenvalue weighted by Crippen LogP contribution is 2.35. The molecule has 2 saturated heterocycles. The fourth-order valence-corrected chi connectivity index (χ4v) is 3.68. The lowest BCUT2D eigenvalue weighted by Crippen LogP contribution is -2.52. The largest absolute Gasteiger partial charge is 0.490 e. The molecule has 10 heteroatoms. The molecule has 2 atom stereocenters. The van der Waals surface area contributed by atoms with Crippen molar-refractivity contribution in [3.8, 4) is 0 Å². The molecule has 1 aromatic carbocycles. The number of fused-ring (bicyclic) bond motifs is 1. The number of carboxylic acids is 1. The van der Waals surface area contributed by atoms with Crippen LogP contribution >= 0.6 is 0 Å². The minimum atomic E-state index is -5.08. The van der Waals surface area contributed by atoms with E-state index in [0.717, 1.165) is 31.0 Å². The Bertz CT molecular complexity index is 849. The molecule has 0 spiro atoms. The Kier molecular flexibility index (Phi) is 6.00. The lowest BCUT2D eigenvalue weighted by Gasteiger charge is -2.39. The Labute approximate surface area is 164 Å². The molecule has 1 amide bonds. The molecule has 2 aromatic rings. The van der Waals surface area contributed by atoms with Crippen LogP contribution in [0.1, 0.15) is 19.3 Å². The van der Waals surface area contributed by atoms with Crippen LogP contribution in [0.25, 0.3) is 0 Å². The van der Waals surface area contributed by atoms with E-state index in [1.165, 1.54) is 0 Å². The number of hydrogen-bond donors (Lipinski definition) is 1. The molecule has 4 rings (SSSR count). The Morgan fingerprint density at radius 2 is 1.66 bits per heavy atom. The molecule has 0 radical (unpaired) electrons. The van der Waals surface area contributed by atoms with Gasteiger partial charge in [-0.25, -0.2) is 14.8 Å². The van der Waals surface area contributed by atoms with E-state index in [9.17, 15) is 18.0 Å². The quantitative estimate of drug-likeness (QED) is 0.822. The maximum absolute atomic E-state index is 12.5. The summed E-state index contributed by atoms with van der Waals surface area (Å²) in [7, 11) is 0. The number of carboxylic acid groups (broad SMARTS) is 1. The highest BCUT2D eigenvalue weighted by molar-refractivity contribution is 5.95. The molecular weight excluding hydrogens is 389 g/mol. The fourth-order valence-electron chi connectivity index (χ4n) is 3.68. The number of rotatable bonds is 2. The second kappa shape index (κ2) is 8.46. The molecule has 2 fully saturated rings. The summed E-state index contributed by atoms with van der Waals surface area (Å²) in [6, 6.07) is 12.3. The molecule has 0 aliphatic carbocycles. The molecule has 1 N–H and O–H groups in total. The number of carbonyl (C=O) groups is 2. The van der Waals surface area contributed by atoms with Gasteiger partial charge in [-0.15, -0.1) is 0 Å². The molecule has 7 nitrogen and oxygen atoms in total. The van der Waals surface area contributed by atoms with Crippen LogP contribution in [0.15, 0.2) is 48.8 Å². The van der Waals surface area contributed by atoms with Crippen LogP contribution in [-0.4, -0.2) is 51.8 Å². The molecule has 0 saturated carbocycles. The highest BCUT2D eigenvalue weighted by atomic mass is 19.4. The number of piperidine rings is 1. The summed E-state index contributed by atoms with van der Waals surface area (Å²) in [4.78, 5) is 34.4. The second-order valence-corrected chi connectivity index (χ2v) is 6.61. The summed E-state index contributed by atoms with van der Waals surface area (Å²) < 4.78 is 31.7. The Morgan fingerprint density at radius 1 is 1.03 bits per heavy atom. The fraction of sp³-hybridized carbons (Fsp3) is 0.368. The van der Waals surface area contributed by atoms with Crippen LogP contribution in [0, 0.1) is 0 Å². The van der Waals surface area contributed by atoms with E-state index < -0.39 is 12.1 Å². The molecule has 2 aliphatic rings. The number of hydrogen-bond acceptors (Lipinski definition) is 5. The summed E-state index contributed by atoms with van der Waals surface area (Å²) in [6.07, 6.45) is 0.894. The first kappa shape index (κ1) is 20.6. The van der Waals surface area contributed by atoms with Crippen LogP contribution < -0.4 is 9.80 Å². The third kappa shape index (κ3) is 4.64. The van der Waals surface area contributed by atoms with Gasteiger partial charge in [0.2, 0.25) is 11.9 Å². The second-order valence-electron chi connectivity index (χ2n) is 6.61. The van der Waals surface area contributed by atoms with Crippen molar-refractivity contribution in [2.45, 2.75) is 37.5 Å². The van der Waals surface area contributed by atoms with Gasteiger partial charge in [0.15, 0.2) is 0 Å². The number of halogens is 3. The van der Waals surface area contributed by atoms with E-state index in [4.69, 9.17) is 9.90 Å². The van der Waals surface area contributed by atoms with Crippen molar-refractivity contribution in [1.29, 1.82) is 0 Å². The standard InChI is InChI=1S/C17H18N4O.C2HF3O2/c22-16-8-7-14-15(21(16)13-5-2-1-3-6-13)9-12-20(14)17-18-10-4-11-19-17;3-2(4,5)1(6)7/h1-6,10-11,14-15H,7-9,12H2;(H,6,7)/t14-,15-;/m0./s1. The van der Waals surface area contributed by atoms with Gasteiger partial charge in [0.25, 0.3) is 0 Å². The van der Waals surface area contributed by atoms with Crippen LogP contribution in [0.4, 0.5) is 24.8 Å². The molecule has 154 valence electrons. The van der Waals surface area contributed by atoms with E-state index >= 15 is 0 Å². The minimum Gasteiger partial charge on any atom is -0.475 e. The number of anilines is 2. The van der Waals surface area contributed by atoms with Gasteiger partial charge >= 0.3 is 12.1 Å². The van der Waals surface area contributed by atoms with Gasteiger partial charge in [0.1, 0.15) is 0 Å². The number of alkyl halides is 3. The zero-order valence-electron chi connectivity index (χ0n) is 15.3. The number of aromatic nitrogens is 2. The van der Waals surface area contributed by atoms with Gasteiger partial charge in [-0.05, 0) is 31.0 Å². The first-order chi connectivity index (χ1) is 13.8. The molecular formula is C19H19F3N4O3. The molecule has 1 aromatic heterocycles. The summed E-state index contributed by atoms with van der Waals surface area (Å²) in [5.41, 5.74) is 0.998. The van der Waals surface area contributed by atoms with Crippen LogP contribution in [0.5, 0.6) is 0 Å². The number of nitrogens with zero attached hydrogens (tertiary/aromatic N) is 4. The first-order valence-electron chi connectivity index (χ1n) is 9.00. The number of benzene rings is 1. The lowest BCUT2D eigenvalue weighted by atomic mass is 9.95. The van der Waals surface area contributed by atoms with Crippen LogP contribution in [0.2, 0.25) is 0 Å². The van der Waals surface area contributed by atoms with E-state index in [1.807, 2.05) is 41.3 Å². The predicted octanol–water partition coefficient (Wildman–Crippen LogP) is 2.88. The maximum atomic E-state index is 12.5. The minimum absolute atomic E-state index is 0.215. The Morgan fingerprint density at radius 3 is 2.24 bits per heavy atom. The van der Waals surface area contributed by atoms with Gasteiger partial charge < -0.3 is 14.9 Å².